The molecule has 0 saturated carbocycles. The van der Waals surface area contributed by atoms with Crippen molar-refractivity contribution < 1.29 is 23.2 Å². The van der Waals surface area contributed by atoms with Crippen LogP contribution in [0.3, 0.4) is 0 Å². The zero-order valence-electron chi connectivity index (χ0n) is 48.2. The highest BCUT2D eigenvalue weighted by molar-refractivity contribution is 5.82. The molecule has 14 nitrogen and oxygen atoms in total. The fraction of sp³-hybridized carbons (Fsp3) is 0.435. The van der Waals surface area contributed by atoms with Gasteiger partial charge in [0.15, 0.2) is 0 Å². The second-order valence-corrected chi connectivity index (χ2v) is 20.1. The molecule has 4 atom stereocenters. The quantitative estimate of drug-likeness (QED) is 0.0160. The Kier molecular flexibility index (Phi) is 33.4. The molecule has 12 N–H and O–H groups in total. The Balaban J connectivity index is 0.00000122. The first-order valence-corrected chi connectivity index (χ1v) is 26.9. The third-order valence-corrected chi connectivity index (χ3v) is 12.0. The minimum absolute atomic E-state index is 0.0728. The average Bonchev–Trinajstić information content (AvgIpc) is 3.79. The number of likely N-dealkylation sites (N-methyl/N-ethyl adjacent to an activating group) is 1. The van der Waals surface area contributed by atoms with Gasteiger partial charge in [-0.25, -0.2) is 8.78 Å². The number of benzene rings is 2. The molecule has 0 bridgehead atoms. The Bertz CT molecular complexity index is 2440. The van der Waals surface area contributed by atoms with Crippen LogP contribution in [0.2, 0.25) is 0 Å². The highest BCUT2D eigenvalue weighted by Gasteiger charge is 2.37. The molecule has 430 valence electrons. The van der Waals surface area contributed by atoms with Gasteiger partial charge in [-0.2, -0.15) is 0 Å². The first kappa shape index (κ1) is 69.0. The Morgan fingerprint density at radius 2 is 1.54 bits per heavy atom. The number of carbonyl (C=O) groups is 3. The zero-order valence-corrected chi connectivity index (χ0v) is 48.2. The number of carbonyl (C=O) groups excluding carboxylic acids is 3. The molecule has 3 rings (SSSR count). The molecule has 0 saturated heterocycles. The summed E-state index contributed by atoms with van der Waals surface area (Å²) in [6.07, 6.45) is 16.1. The number of nitrogens with zero attached hydrogens (tertiary/aromatic N) is 2. The van der Waals surface area contributed by atoms with Crippen molar-refractivity contribution in [3.05, 3.63) is 182 Å². The second kappa shape index (κ2) is 37.7. The van der Waals surface area contributed by atoms with Gasteiger partial charge in [0.1, 0.15) is 11.6 Å². The Labute approximate surface area is 466 Å². The van der Waals surface area contributed by atoms with Gasteiger partial charge in [-0.1, -0.05) is 141 Å². The summed E-state index contributed by atoms with van der Waals surface area (Å²) >= 11 is 0. The third kappa shape index (κ3) is 26.4. The fourth-order valence-corrected chi connectivity index (χ4v) is 8.23. The van der Waals surface area contributed by atoms with E-state index in [0.29, 0.717) is 62.5 Å². The molecule has 0 aliphatic rings. The predicted octanol–water partition coefficient (Wildman–Crippen LogP) is 9.29. The van der Waals surface area contributed by atoms with E-state index in [1.165, 1.54) is 19.4 Å². The van der Waals surface area contributed by atoms with Crippen LogP contribution in [0.15, 0.2) is 159 Å². The Hall–Kier alpha value is -7.01. The monoisotopic (exact) mass is 1080 g/mol. The highest BCUT2D eigenvalue weighted by atomic mass is 19.1. The van der Waals surface area contributed by atoms with E-state index in [9.17, 15) is 18.8 Å². The maximum atomic E-state index is 15.2. The topological polar surface area (TPSA) is 210 Å². The van der Waals surface area contributed by atoms with E-state index < -0.39 is 35.2 Å². The minimum Gasteiger partial charge on any atom is -0.402 e. The minimum atomic E-state index is -0.641. The average molecular weight is 1080 g/mol. The molecule has 0 aliphatic heterocycles. The maximum absolute atomic E-state index is 15.2. The number of aromatic nitrogens is 1. The molecular weight excluding hydrogens is 985 g/mol. The number of hydrogen-bond acceptors (Lipinski definition) is 10. The van der Waals surface area contributed by atoms with Crippen LogP contribution in [0.1, 0.15) is 111 Å². The predicted molar refractivity (Wildman–Crippen MR) is 321 cm³/mol. The molecule has 3 amide bonds. The number of halogens is 2. The van der Waals surface area contributed by atoms with E-state index in [4.69, 9.17) is 17.2 Å². The van der Waals surface area contributed by atoms with Gasteiger partial charge in [0.2, 0.25) is 17.7 Å². The molecular formula is C62H95F2N11O3. The van der Waals surface area contributed by atoms with Crippen molar-refractivity contribution in [2.24, 2.45) is 22.6 Å². The van der Waals surface area contributed by atoms with Gasteiger partial charge < -0.3 is 58.6 Å². The Morgan fingerprint density at radius 1 is 0.885 bits per heavy atom. The summed E-state index contributed by atoms with van der Waals surface area (Å²) in [6, 6.07) is 13.1. The molecule has 0 spiro atoms. The summed E-state index contributed by atoms with van der Waals surface area (Å²) in [7, 11) is 1.68. The lowest BCUT2D eigenvalue weighted by atomic mass is 9.82. The highest BCUT2D eigenvalue weighted by Crippen LogP contribution is 2.41. The van der Waals surface area contributed by atoms with Gasteiger partial charge in [0, 0.05) is 104 Å². The van der Waals surface area contributed by atoms with Gasteiger partial charge in [0.05, 0.1) is 24.7 Å². The van der Waals surface area contributed by atoms with Gasteiger partial charge in [-0.15, -0.1) is 6.58 Å². The lowest BCUT2D eigenvalue weighted by molar-refractivity contribution is -0.134. The molecule has 0 fully saturated rings. The summed E-state index contributed by atoms with van der Waals surface area (Å²) in [5.41, 5.74) is 23.2. The summed E-state index contributed by atoms with van der Waals surface area (Å²) in [5.74, 6) is -1.67. The number of nitrogens with one attached hydrogen (secondary N) is 6. The number of allylic oxidation sites excluding steroid dienone is 5. The zero-order chi connectivity index (χ0) is 58.8. The van der Waals surface area contributed by atoms with E-state index in [1.54, 1.807) is 24.1 Å². The van der Waals surface area contributed by atoms with Crippen LogP contribution in [-0.4, -0.2) is 91.6 Å². The lowest BCUT2D eigenvalue weighted by Gasteiger charge is -2.41. The molecule has 0 aliphatic carbocycles. The molecule has 1 aromatic heterocycles. The largest absolute Gasteiger partial charge is 0.402 e. The van der Waals surface area contributed by atoms with E-state index >= 15 is 4.39 Å². The molecule has 3 aromatic rings. The smallest absolute Gasteiger partial charge is 0.239 e. The SMILES string of the molecule is C=C(N)CC(NC)C(=O)NC(CCN(C(C)=O)C(c1cc(-c2cc(F)ccc2F)cn1Cc1ccccc1)C(C)(C)C)C(=C)NCCNC(=C)C(N)CCCCN.C=C/C=C(\C=C/C)CC(=C)NCC(=O)NCC=C.CCC. The summed E-state index contributed by atoms with van der Waals surface area (Å²) < 4.78 is 31.7. The van der Waals surface area contributed by atoms with E-state index in [2.05, 4.69) is 85.2 Å². The fourth-order valence-electron chi connectivity index (χ4n) is 8.23. The number of amides is 3. The van der Waals surface area contributed by atoms with Crippen LogP contribution >= 0.6 is 0 Å². The van der Waals surface area contributed by atoms with Gasteiger partial charge in [-0.05, 0) is 80.6 Å². The van der Waals surface area contributed by atoms with Crippen LogP contribution in [0.25, 0.3) is 11.1 Å². The standard InChI is InChI=1S/C44H65F2N9O2.C15H22N2O.C3H8/c1-29(48)24-40(50-8)43(57)53-39(31(3)52-22-21-51-30(2)38(49)16-12-13-20-47)19-23-55(32(4)56)42(44(5,6)7)41-25-34(36-26-35(45)17-18-37(36)46)28-54(41)27-33-14-10-9-11-15-33;1-5-8-14(9-6-2)11-13(4)17-12-15(18)16-10-7-3;1-3-2/h9-11,14-15,17-18,25-26,28,38-40,42,50-52H,1-3,12-13,16,19-24,27,47-49H2,4-8H3,(H,53,57);5-9,17H,1,3-4,10-12H2,2H3,(H,16,18);3H2,1-2H3/b;9-6-,14-8+;. The number of unbranched alkanes of at least 4 members (excludes halogenated alkanes) is 1. The van der Waals surface area contributed by atoms with E-state index in [1.807, 2.05) is 93.1 Å². The molecule has 0 radical (unpaired) electrons. The molecule has 1 heterocycles. The van der Waals surface area contributed by atoms with Crippen LogP contribution < -0.4 is 49.1 Å². The van der Waals surface area contributed by atoms with Crippen molar-refractivity contribution in [3.63, 3.8) is 0 Å². The van der Waals surface area contributed by atoms with E-state index in [-0.39, 0.29) is 48.8 Å². The number of hydrogen-bond donors (Lipinski definition) is 9. The number of nitrogens with two attached hydrogens (primary N) is 3. The second-order valence-electron chi connectivity index (χ2n) is 20.1. The van der Waals surface area contributed by atoms with Crippen LogP contribution in [0.4, 0.5) is 8.78 Å². The van der Waals surface area contributed by atoms with Crippen LogP contribution in [0.5, 0.6) is 0 Å². The Morgan fingerprint density at radius 3 is 2.10 bits per heavy atom. The molecule has 16 heteroatoms. The third-order valence-electron chi connectivity index (χ3n) is 12.0. The van der Waals surface area contributed by atoms with Crippen LogP contribution in [-0.2, 0) is 20.9 Å². The normalized spacial score (nSPS) is 12.7. The van der Waals surface area contributed by atoms with Crippen molar-refractivity contribution in [1.82, 2.24) is 41.4 Å². The summed E-state index contributed by atoms with van der Waals surface area (Å²) in [4.78, 5) is 40.5. The van der Waals surface area contributed by atoms with Gasteiger partial charge >= 0.3 is 0 Å². The first-order valence-electron chi connectivity index (χ1n) is 26.9. The van der Waals surface area contributed by atoms with Crippen molar-refractivity contribution in [1.29, 1.82) is 0 Å². The molecule has 2 aromatic carbocycles. The summed E-state index contributed by atoms with van der Waals surface area (Å²) in [6.45, 7) is 40.0. The van der Waals surface area contributed by atoms with E-state index in [0.717, 1.165) is 59.6 Å². The van der Waals surface area contributed by atoms with Crippen molar-refractivity contribution >= 4 is 17.7 Å². The van der Waals surface area contributed by atoms with Crippen molar-refractivity contribution in [3.8, 4) is 11.1 Å². The van der Waals surface area contributed by atoms with Crippen molar-refractivity contribution in [2.75, 3.05) is 46.3 Å². The first-order chi connectivity index (χ1) is 37.0. The van der Waals surface area contributed by atoms with Crippen LogP contribution in [0, 0.1) is 17.0 Å². The van der Waals surface area contributed by atoms with Crippen molar-refractivity contribution in [2.45, 2.75) is 124 Å². The van der Waals surface area contributed by atoms with Gasteiger partial charge in [0.25, 0.3) is 0 Å². The molecule has 78 heavy (non-hydrogen) atoms. The maximum Gasteiger partial charge on any atom is 0.239 e. The summed E-state index contributed by atoms with van der Waals surface area (Å²) in [5, 5.41) is 18.4. The van der Waals surface area contributed by atoms with Gasteiger partial charge in [-0.3, -0.25) is 14.4 Å². The molecule has 4 unspecified atom stereocenters. The lowest BCUT2D eigenvalue weighted by Crippen LogP contribution is -2.51. The number of rotatable bonds is 33.